The second-order valence-corrected chi connectivity index (χ2v) is 6.29. The number of nitrogens with one attached hydrogen (secondary N) is 1. The Morgan fingerprint density at radius 3 is 2.63 bits per heavy atom. The monoisotopic (exact) mass is 279 g/mol. The van der Waals surface area contributed by atoms with Crippen LogP contribution in [0.1, 0.15) is 32.1 Å². The largest absolute Gasteiger partial charge is 0.389 e. The van der Waals surface area contributed by atoms with Crippen LogP contribution >= 0.6 is 11.8 Å². The zero-order valence-electron chi connectivity index (χ0n) is 11.1. The van der Waals surface area contributed by atoms with Crippen molar-refractivity contribution < 1.29 is 9.90 Å². The van der Waals surface area contributed by atoms with Crippen molar-refractivity contribution in [3.8, 4) is 0 Å². The molecule has 2 N–H and O–H groups in total. The van der Waals surface area contributed by atoms with E-state index in [-0.39, 0.29) is 12.3 Å². The third-order valence-corrected chi connectivity index (χ3v) is 4.47. The molecule has 1 aromatic rings. The van der Waals surface area contributed by atoms with Gasteiger partial charge in [0.05, 0.1) is 12.0 Å². The lowest BCUT2D eigenvalue weighted by Gasteiger charge is -2.21. The number of thioether (sulfide) groups is 1. The van der Waals surface area contributed by atoms with Crippen LogP contribution in [0.3, 0.4) is 0 Å². The molecule has 104 valence electrons. The maximum absolute atomic E-state index is 11.7. The Bertz CT molecular complexity index is 402. The van der Waals surface area contributed by atoms with Crippen molar-refractivity contribution in [2.45, 2.75) is 42.6 Å². The predicted octanol–water partition coefficient (Wildman–Crippen LogP) is 2.59. The summed E-state index contributed by atoms with van der Waals surface area (Å²) in [6.45, 7) is 0.647. The highest BCUT2D eigenvalue weighted by Crippen LogP contribution is 2.32. The van der Waals surface area contributed by atoms with Gasteiger partial charge in [0.2, 0.25) is 5.91 Å². The molecule has 19 heavy (non-hydrogen) atoms. The normalized spacial score (nSPS) is 17.3. The highest BCUT2D eigenvalue weighted by Gasteiger charge is 2.33. The molecule has 1 saturated carbocycles. The molecule has 0 atom stereocenters. The lowest BCUT2D eigenvalue weighted by molar-refractivity contribution is -0.125. The Morgan fingerprint density at radius 1 is 1.26 bits per heavy atom. The number of carbonyl (C=O) groups is 1. The van der Waals surface area contributed by atoms with Crippen molar-refractivity contribution in [1.82, 2.24) is 5.32 Å². The van der Waals surface area contributed by atoms with Crippen molar-refractivity contribution in [2.75, 3.05) is 12.3 Å². The summed E-state index contributed by atoms with van der Waals surface area (Å²) in [5.74, 6) is 0.826. The summed E-state index contributed by atoms with van der Waals surface area (Å²) in [5, 5.41) is 13.0. The van der Waals surface area contributed by atoms with Crippen LogP contribution in [0.2, 0.25) is 0 Å². The fourth-order valence-electron chi connectivity index (χ4n) is 2.45. The van der Waals surface area contributed by atoms with Crippen LogP contribution in [0.15, 0.2) is 35.2 Å². The molecule has 0 unspecified atom stereocenters. The van der Waals surface area contributed by atoms with E-state index in [4.69, 9.17) is 0 Å². The Hall–Kier alpha value is -1.00. The van der Waals surface area contributed by atoms with Crippen LogP contribution in [-0.4, -0.2) is 28.9 Å². The topological polar surface area (TPSA) is 49.3 Å². The zero-order chi connectivity index (χ0) is 13.6. The molecule has 2 rings (SSSR count). The fourth-order valence-corrected chi connectivity index (χ4v) is 3.24. The number of hydrogen-bond acceptors (Lipinski definition) is 3. The van der Waals surface area contributed by atoms with Crippen molar-refractivity contribution in [3.63, 3.8) is 0 Å². The van der Waals surface area contributed by atoms with E-state index < -0.39 is 5.60 Å². The van der Waals surface area contributed by atoms with Gasteiger partial charge in [-0.2, -0.15) is 0 Å². The average Bonchev–Trinajstić information content (AvgIpc) is 2.82. The van der Waals surface area contributed by atoms with Gasteiger partial charge in [0.15, 0.2) is 0 Å². The zero-order valence-corrected chi connectivity index (χ0v) is 11.9. The van der Waals surface area contributed by atoms with Gasteiger partial charge >= 0.3 is 0 Å². The molecule has 1 amide bonds. The molecular formula is C15H21NO2S. The third kappa shape index (κ3) is 4.88. The second-order valence-electron chi connectivity index (χ2n) is 5.12. The average molecular weight is 279 g/mol. The lowest BCUT2D eigenvalue weighted by atomic mass is 9.98. The van der Waals surface area contributed by atoms with Gasteiger partial charge < -0.3 is 10.4 Å². The van der Waals surface area contributed by atoms with Crippen molar-refractivity contribution >= 4 is 17.7 Å². The Labute approximate surface area is 118 Å². The second kappa shape index (κ2) is 6.96. The molecule has 0 saturated heterocycles. The minimum atomic E-state index is -0.739. The maximum Gasteiger partial charge on any atom is 0.222 e. The summed E-state index contributed by atoms with van der Waals surface area (Å²) < 4.78 is 0. The van der Waals surface area contributed by atoms with Crippen molar-refractivity contribution in [2.24, 2.45) is 0 Å². The summed E-state index contributed by atoms with van der Waals surface area (Å²) in [6.07, 6.45) is 3.85. The number of aliphatic hydroxyl groups is 1. The van der Waals surface area contributed by atoms with Crippen LogP contribution in [0.4, 0.5) is 0 Å². The van der Waals surface area contributed by atoms with E-state index >= 15 is 0 Å². The molecule has 0 bridgehead atoms. The van der Waals surface area contributed by atoms with E-state index in [1.54, 1.807) is 11.8 Å². The first-order chi connectivity index (χ1) is 9.18. The van der Waals surface area contributed by atoms with Gasteiger partial charge in [-0.1, -0.05) is 31.0 Å². The first-order valence-corrected chi connectivity index (χ1v) is 7.83. The third-order valence-electron chi connectivity index (χ3n) is 3.46. The van der Waals surface area contributed by atoms with Crippen molar-refractivity contribution in [1.29, 1.82) is 0 Å². The number of hydrogen-bond donors (Lipinski definition) is 2. The van der Waals surface area contributed by atoms with Crippen LogP contribution in [0.25, 0.3) is 0 Å². The molecule has 0 aromatic heterocycles. The maximum atomic E-state index is 11.7. The summed E-state index contributed by atoms with van der Waals surface area (Å²) in [7, 11) is 0. The summed E-state index contributed by atoms with van der Waals surface area (Å²) in [5.41, 5.74) is -0.739. The molecule has 0 heterocycles. The van der Waals surface area contributed by atoms with Gasteiger partial charge in [-0.05, 0) is 25.0 Å². The minimum absolute atomic E-state index is 0.0296. The fraction of sp³-hybridized carbons (Fsp3) is 0.533. The Morgan fingerprint density at radius 2 is 1.95 bits per heavy atom. The summed E-state index contributed by atoms with van der Waals surface area (Å²) in [4.78, 5) is 12.9. The molecule has 3 nitrogen and oxygen atoms in total. The van der Waals surface area contributed by atoms with Gasteiger partial charge in [-0.25, -0.2) is 0 Å². The first-order valence-electron chi connectivity index (χ1n) is 6.85. The van der Waals surface area contributed by atoms with Gasteiger partial charge in [-0.3, -0.25) is 4.79 Å². The number of rotatable bonds is 6. The number of benzene rings is 1. The van der Waals surface area contributed by atoms with E-state index in [9.17, 15) is 9.90 Å². The highest BCUT2D eigenvalue weighted by molar-refractivity contribution is 7.99. The van der Waals surface area contributed by atoms with E-state index in [1.807, 2.05) is 18.2 Å². The Balaban J connectivity index is 1.61. The van der Waals surface area contributed by atoms with Gasteiger partial charge in [0.25, 0.3) is 0 Å². The molecule has 4 heteroatoms. The van der Waals surface area contributed by atoms with Gasteiger partial charge in [-0.15, -0.1) is 11.8 Å². The first kappa shape index (κ1) is 14.4. The van der Waals surface area contributed by atoms with Crippen LogP contribution in [0, 0.1) is 0 Å². The highest BCUT2D eigenvalue weighted by atomic mass is 32.2. The van der Waals surface area contributed by atoms with Gasteiger partial charge in [0.1, 0.15) is 0 Å². The van der Waals surface area contributed by atoms with E-state index in [0.717, 1.165) is 31.4 Å². The van der Waals surface area contributed by atoms with Crippen LogP contribution in [-0.2, 0) is 4.79 Å². The molecule has 1 aliphatic rings. The molecule has 0 spiro atoms. The molecule has 0 aliphatic heterocycles. The molecule has 1 aliphatic carbocycles. The predicted molar refractivity (Wildman–Crippen MR) is 78.2 cm³/mol. The van der Waals surface area contributed by atoms with E-state index in [1.165, 1.54) is 4.90 Å². The molecule has 1 aromatic carbocycles. The van der Waals surface area contributed by atoms with Crippen molar-refractivity contribution in [3.05, 3.63) is 30.3 Å². The van der Waals surface area contributed by atoms with Crippen LogP contribution < -0.4 is 5.32 Å². The SMILES string of the molecule is O=C(CC1(O)CCCC1)NCCSc1ccccc1. The van der Waals surface area contributed by atoms with Gasteiger partial charge in [0, 0.05) is 17.2 Å². The number of carbonyl (C=O) groups excluding carboxylic acids is 1. The minimum Gasteiger partial charge on any atom is -0.389 e. The quantitative estimate of drug-likeness (QED) is 0.621. The van der Waals surface area contributed by atoms with E-state index in [0.29, 0.717) is 6.54 Å². The van der Waals surface area contributed by atoms with Crippen LogP contribution in [0.5, 0.6) is 0 Å². The molecule has 1 fully saturated rings. The smallest absolute Gasteiger partial charge is 0.222 e. The Kier molecular flexibility index (Phi) is 5.28. The lowest BCUT2D eigenvalue weighted by Crippen LogP contribution is -2.35. The molecular weight excluding hydrogens is 258 g/mol. The van der Waals surface area contributed by atoms with E-state index in [2.05, 4.69) is 17.4 Å². The standard InChI is InChI=1S/C15H21NO2S/c17-14(12-15(18)8-4-5-9-15)16-10-11-19-13-6-2-1-3-7-13/h1-3,6-7,18H,4-5,8-12H2,(H,16,17). The summed E-state index contributed by atoms with van der Waals surface area (Å²) >= 11 is 1.73. The number of amides is 1. The summed E-state index contributed by atoms with van der Waals surface area (Å²) in [6, 6.07) is 10.1. The molecule has 0 radical (unpaired) electrons.